The zero-order valence-electron chi connectivity index (χ0n) is 14.1. The Labute approximate surface area is 156 Å². The summed E-state index contributed by atoms with van der Waals surface area (Å²) in [6.07, 6.45) is 0. The number of nitrogens with zero attached hydrogens (tertiary/aromatic N) is 1. The molecule has 2 aromatic carbocycles. The Morgan fingerprint density at radius 1 is 1.12 bits per heavy atom. The number of benzene rings is 2. The van der Waals surface area contributed by atoms with Gasteiger partial charge in [-0.25, -0.2) is 21.9 Å². The van der Waals surface area contributed by atoms with E-state index < -0.39 is 16.0 Å². The lowest BCUT2D eigenvalue weighted by molar-refractivity contribution is 0.0450. The highest BCUT2D eigenvalue weighted by Gasteiger charge is 2.21. The predicted molar refractivity (Wildman–Crippen MR) is 94.5 cm³/mol. The lowest BCUT2D eigenvalue weighted by Gasteiger charge is -2.13. The molecule has 0 heterocycles. The Bertz CT molecular complexity index is 885. The van der Waals surface area contributed by atoms with Gasteiger partial charge in [-0.2, -0.15) is 0 Å². The maximum Gasteiger partial charge on any atom is 0.339 e. The standard InChI is InChI=1S/C17H17ClFNO5S/c1-20(2)26(22,23)14-7-8-16(18)15(11-14)17(21)25-10-9-24-13-5-3-12(19)4-6-13/h3-8,11H,9-10H2,1-2H3. The van der Waals surface area contributed by atoms with Crippen molar-refractivity contribution < 1.29 is 27.1 Å². The van der Waals surface area contributed by atoms with E-state index in [1.54, 1.807) is 0 Å². The molecule has 0 unspecified atom stereocenters. The number of esters is 1. The number of ether oxygens (including phenoxy) is 2. The summed E-state index contributed by atoms with van der Waals surface area (Å²) in [7, 11) is -0.936. The molecule has 26 heavy (non-hydrogen) atoms. The van der Waals surface area contributed by atoms with Gasteiger partial charge in [0.05, 0.1) is 15.5 Å². The first-order valence-corrected chi connectivity index (χ1v) is 9.31. The maximum atomic E-state index is 12.8. The molecule has 0 aliphatic carbocycles. The highest BCUT2D eigenvalue weighted by Crippen LogP contribution is 2.23. The van der Waals surface area contributed by atoms with Gasteiger partial charge in [0.1, 0.15) is 24.8 Å². The van der Waals surface area contributed by atoms with Gasteiger partial charge < -0.3 is 9.47 Å². The minimum Gasteiger partial charge on any atom is -0.490 e. The molecular formula is C17H17ClFNO5S. The number of hydrogen-bond acceptors (Lipinski definition) is 5. The van der Waals surface area contributed by atoms with Gasteiger partial charge in [-0.15, -0.1) is 0 Å². The van der Waals surface area contributed by atoms with Crippen LogP contribution in [0.2, 0.25) is 5.02 Å². The fourth-order valence-corrected chi connectivity index (χ4v) is 3.06. The Morgan fingerprint density at radius 2 is 1.77 bits per heavy atom. The maximum absolute atomic E-state index is 12.8. The summed E-state index contributed by atoms with van der Waals surface area (Å²) in [5.74, 6) is -0.723. The largest absolute Gasteiger partial charge is 0.490 e. The average Bonchev–Trinajstić information content (AvgIpc) is 2.60. The van der Waals surface area contributed by atoms with Crippen LogP contribution in [0.1, 0.15) is 10.4 Å². The molecule has 2 aromatic rings. The fourth-order valence-electron chi connectivity index (χ4n) is 1.93. The molecule has 6 nitrogen and oxygen atoms in total. The number of carbonyl (C=O) groups is 1. The van der Waals surface area contributed by atoms with Gasteiger partial charge in [0.15, 0.2) is 0 Å². The molecule has 0 radical (unpaired) electrons. The Morgan fingerprint density at radius 3 is 2.38 bits per heavy atom. The van der Waals surface area contributed by atoms with Crippen LogP contribution in [-0.4, -0.2) is 46.0 Å². The summed E-state index contributed by atoms with van der Waals surface area (Å²) in [4.78, 5) is 12.1. The van der Waals surface area contributed by atoms with Crippen molar-refractivity contribution in [3.63, 3.8) is 0 Å². The second-order valence-electron chi connectivity index (χ2n) is 5.37. The molecule has 0 aromatic heterocycles. The fraction of sp³-hybridized carbons (Fsp3) is 0.235. The predicted octanol–water partition coefficient (Wildman–Crippen LogP) is 2.97. The minimum absolute atomic E-state index is 0.0463. The zero-order valence-corrected chi connectivity index (χ0v) is 15.7. The first-order chi connectivity index (χ1) is 12.2. The van der Waals surface area contributed by atoms with Gasteiger partial charge in [-0.05, 0) is 42.5 Å². The highest BCUT2D eigenvalue weighted by atomic mass is 35.5. The van der Waals surface area contributed by atoms with Crippen molar-refractivity contribution in [2.75, 3.05) is 27.3 Å². The lowest BCUT2D eigenvalue weighted by Crippen LogP contribution is -2.22. The quantitative estimate of drug-likeness (QED) is 0.527. The molecule has 0 aliphatic rings. The van der Waals surface area contributed by atoms with E-state index in [4.69, 9.17) is 21.1 Å². The third-order valence-electron chi connectivity index (χ3n) is 3.34. The van der Waals surface area contributed by atoms with Gasteiger partial charge in [-0.1, -0.05) is 11.6 Å². The number of carbonyl (C=O) groups excluding carboxylic acids is 1. The molecule has 0 saturated carbocycles. The molecule has 0 amide bonds. The smallest absolute Gasteiger partial charge is 0.339 e. The van der Waals surface area contributed by atoms with E-state index in [2.05, 4.69) is 0 Å². The number of sulfonamides is 1. The van der Waals surface area contributed by atoms with Crippen molar-refractivity contribution in [1.29, 1.82) is 0 Å². The summed E-state index contributed by atoms with van der Waals surface area (Å²) in [5, 5.41) is 0.0761. The molecule has 9 heteroatoms. The van der Waals surface area contributed by atoms with Crippen LogP contribution >= 0.6 is 11.6 Å². The normalized spacial score (nSPS) is 11.4. The van der Waals surface area contributed by atoms with E-state index in [9.17, 15) is 17.6 Å². The monoisotopic (exact) mass is 401 g/mol. The van der Waals surface area contributed by atoms with Crippen molar-refractivity contribution >= 4 is 27.6 Å². The molecule has 2 rings (SSSR count). The third-order valence-corrected chi connectivity index (χ3v) is 5.48. The summed E-state index contributed by atoms with van der Waals surface area (Å²) in [5.41, 5.74) is -0.0589. The Kier molecular flexibility index (Phi) is 6.57. The van der Waals surface area contributed by atoms with Crippen molar-refractivity contribution in [3.05, 3.63) is 58.9 Å². The van der Waals surface area contributed by atoms with Crippen LogP contribution in [0.3, 0.4) is 0 Å². The third kappa shape index (κ3) is 4.94. The molecule has 0 bridgehead atoms. The van der Waals surface area contributed by atoms with Crippen LogP contribution in [0.4, 0.5) is 4.39 Å². The van der Waals surface area contributed by atoms with E-state index >= 15 is 0 Å². The van der Waals surface area contributed by atoms with Gasteiger partial charge in [0.2, 0.25) is 10.0 Å². The van der Waals surface area contributed by atoms with Gasteiger partial charge >= 0.3 is 5.97 Å². The van der Waals surface area contributed by atoms with E-state index in [0.717, 1.165) is 4.31 Å². The van der Waals surface area contributed by atoms with Crippen LogP contribution in [-0.2, 0) is 14.8 Å². The van der Waals surface area contributed by atoms with E-state index in [1.165, 1.54) is 56.6 Å². The number of hydrogen-bond donors (Lipinski definition) is 0. The molecule has 0 aliphatic heterocycles. The molecule has 140 valence electrons. The molecule has 0 atom stereocenters. The second-order valence-corrected chi connectivity index (χ2v) is 7.93. The van der Waals surface area contributed by atoms with Crippen LogP contribution < -0.4 is 4.74 Å². The topological polar surface area (TPSA) is 72.9 Å². The average molecular weight is 402 g/mol. The van der Waals surface area contributed by atoms with Crippen LogP contribution in [0, 0.1) is 5.82 Å². The molecule has 0 fully saturated rings. The highest BCUT2D eigenvalue weighted by molar-refractivity contribution is 7.89. The van der Waals surface area contributed by atoms with Gasteiger partial charge in [-0.3, -0.25) is 0 Å². The zero-order chi connectivity index (χ0) is 19.3. The first kappa shape index (κ1) is 20.2. The molecule has 0 N–H and O–H groups in total. The van der Waals surface area contributed by atoms with Crippen LogP contribution in [0.25, 0.3) is 0 Å². The summed E-state index contributed by atoms with van der Waals surface area (Å²) < 4.78 is 48.5. The van der Waals surface area contributed by atoms with E-state index in [0.29, 0.717) is 5.75 Å². The van der Waals surface area contributed by atoms with E-state index in [1.807, 2.05) is 0 Å². The summed E-state index contributed by atoms with van der Waals surface area (Å²) in [6, 6.07) is 9.19. The van der Waals surface area contributed by atoms with Crippen LogP contribution in [0.5, 0.6) is 5.75 Å². The van der Waals surface area contributed by atoms with Crippen molar-refractivity contribution in [2.45, 2.75) is 4.90 Å². The van der Waals surface area contributed by atoms with Gasteiger partial charge in [0.25, 0.3) is 0 Å². The summed E-state index contributed by atoms with van der Waals surface area (Å²) in [6.45, 7) is -0.0398. The van der Waals surface area contributed by atoms with E-state index in [-0.39, 0.29) is 34.5 Å². The van der Waals surface area contributed by atoms with Gasteiger partial charge in [0, 0.05) is 14.1 Å². The van der Waals surface area contributed by atoms with Crippen LogP contribution in [0.15, 0.2) is 47.4 Å². The van der Waals surface area contributed by atoms with Crippen molar-refractivity contribution in [2.24, 2.45) is 0 Å². The Balaban J connectivity index is 1.99. The van der Waals surface area contributed by atoms with Crippen molar-refractivity contribution in [1.82, 2.24) is 4.31 Å². The summed E-state index contributed by atoms with van der Waals surface area (Å²) >= 11 is 5.97. The number of halogens is 2. The number of rotatable bonds is 7. The molecule has 0 spiro atoms. The lowest BCUT2D eigenvalue weighted by atomic mass is 10.2. The SMILES string of the molecule is CN(C)S(=O)(=O)c1ccc(Cl)c(C(=O)OCCOc2ccc(F)cc2)c1. The minimum atomic E-state index is -3.70. The second kappa shape index (κ2) is 8.48. The molecule has 0 saturated heterocycles. The van der Waals surface area contributed by atoms with Crippen molar-refractivity contribution in [3.8, 4) is 5.75 Å². The Hall–Kier alpha value is -2.16. The molecular weight excluding hydrogens is 385 g/mol. The first-order valence-electron chi connectivity index (χ1n) is 7.49.